The fourth-order valence-corrected chi connectivity index (χ4v) is 2.66. The Labute approximate surface area is 195 Å². The highest BCUT2D eigenvalue weighted by Gasteiger charge is 2.07. The standard InChI is InChI=1S/C22H30N4O3.HI/c1-5-23-21(27)17-10-8-16(9-11-17)15-25-22(24-6-2)26-18-12-13-19(28-4)20(14-18)29-7-3;/h8-14H,5-7,15H2,1-4H3,(H,23,27)(H2,24,25,26);1H. The molecule has 2 aromatic carbocycles. The lowest BCUT2D eigenvalue weighted by molar-refractivity contribution is 0.0956. The number of halogens is 1. The van der Waals surface area contributed by atoms with Gasteiger partial charge in [-0.2, -0.15) is 0 Å². The van der Waals surface area contributed by atoms with E-state index in [0.29, 0.717) is 42.7 Å². The lowest BCUT2D eigenvalue weighted by atomic mass is 10.1. The minimum absolute atomic E-state index is 0. The Bertz CT molecular complexity index is 826. The van der Waals surface area contributed by atoms with Gasteiger partial charge in [-0.25, -0.2) is 4.99 Å². The molecule has 2 rings (SSSR count). The first-order chi connectivity index (χ1) is 14.1. The summed E-state index contributed by atoms with van der Waals surface area (Å²) >= 11 is 0. The maximum absolute atomic E-state index is 11.9. The Hall–Kier alpha value is -2.49. The number of hydrogen-bond acceptors (Lipinski definition) is 4. The summed E-state index contributed by atoms with van der Waals surface area (Å²) in [6.07, 6.45) is 0. The number of methoxy groups -OCH3 is 1. The zero-order valence-corrected chi connectivity index (χ0v) is 20.3. The van der Waals surface area contributed by atoms with Crippen LogP contribution in [0.2, 0.25) is 0 Å². The summed E-state index contributed by atoms with van der Waals surface area (Å²) in [6, 6.07) is 13.1. The molecule has 0 aromatic heterocycles. The van der Waals surface area contributed by atoms with E-state index in [1.54, 1.807) is 7.11 Å². The second-order valence-corrected chi connectivity index (χ2v) is 6.18. The predicted molar refractivity (Wildman–Crippen MR) is 132 cm³/mol. The third-order valence-corrected chi connectivity index (χ3v) is 4.04. The highest BCUT2D eigenvalue weighted by atomic mass is 127. The van der Waals surface area contributed by atoms with Crippen LogP contribution in [0.25, 0.3) is 0 Å². The summed E-state index contributed by atoms with van der Waals surface area (Å²) in [7, 11) is 1.62. The first-order valence-electron chi connectivity index (χ1n) is 9.84. The van der Waals surface area contributed by atoms with E-state index in [1.165, 1.54) is 0 Å². The summed E-state index contributed by atoms with van der Waals surface area (Å²) in [6.45, 7) is 8.23. The molecule has 0 aliphatic heterocycles. The minimum Gasteiger partial charge on any atom is -0.493 e. The monoisotopic (exact) mass is 526 g/mol. The number of ether oxygens (including phenoxy) is 2. The molecule has 3 N–H and O–H groups in total. The van der Waals surface area contributed by atoms with Gasteiger partial charge >= 0.3 is 0 Å². The quantitative estimate of drug-likeness (QED) is 0.261. The van der Waals surface area contributed by atoms with Crippen molar-refractivity contribution >= 4 is 41.5 Å². The van der Waals surface area contributed by atoms with Gasteiger partial charge in [0.05, 0.1) is 20.3 Å². The van der Waals surface area contributed by atoms with Gasteiger partial charge in [0.2, 0.25) is 0 Å². The van der Waals surface area contributed by atoms with E-state index >= 15 is 0 Å². The Morgan fingerprint density at radius 3 is 2.27 bits per heavy atom. The maximum atomic E-state index is 11.9. The van der Waals surface area contributed by atoms with Gasteiger partial charge in [0, 0.05) is 30.4 Å². The third-order valence-electron chi connectivity index (χ3n) is 4.04. The van der Waals surface area contributed by atoms with Gasteiger partial charge in [0.15, 0.2) is 17.5 Å². The number of carbonyl (C=O) groups excluding carboxylic acids is 1. The summed E-state index contributed by atoms with van der Waals surface area (Å²) in [5.74, 6) is 1.96. The Kier molecular flexibility index (Phi) is 11.7. The van der Waals surface area contributed by atoms with Crippen molar-refractivity contribution in [3.05, 3.63) is 53.6 Å². The van der Waals surface area contributed by atoms with Gasteiger partial charge in [-0.3, -0.25) is 4.79 Å². The fraction of sp³-hybridized carbons (Fsp3) is 0.364. The van der Waals surface area contributed by atoms with Crippen LogP contribution in [0.3, 0.4) is 0 Å². The molecule has 0 radical (unpaired) electrons. The van der Waals surface area contributed by atoms with Crippen molar-refractivity contribution in [2.75, 3.05) is 32.1 Å². The normalized spacial score (nSPS) is 10.6. The predicted octanol–water partition coefficient (Wildman–Crippen LogP) is 4.04. The fourth-order valence-electron chi connectivity index (χ4n) is 2.66. The number of rotatable bonds is 9. The average molecular weight is 526 g/mol. The van der Waals surface area contributed by atoms with Crippen LogP contribution in [-0.2, 0) is 6.54 Å². The second kappa shape index (κ2) is 13.7. The van der Waals surface area contributed by atoms with Gasteiger partial charge in [-0.15, -0.1) is 24.0 Å². The molecule has 7 nitrogen and oxygen atoms in total. The lowest BCUT2D eigenvalue weighted by Gasteiger charge is -2.14. The van der Waals surface area contributed by atoms with Crippen LogP contribution in [0.15, 0.2) is 47.5 Å². The number of nitrogens with zero attached hydrogens (tertiary/aromatic N) is 1. The molecule has 0 unspecified atom stereocenters. The molecule has 164 valence electrons. The molecule has 30 heavy (non-hydrogen) atoms. The molecule has 0 spiro atoms. The van der Waals surface area contributed by atoms with E-state index in [-0.39, 0.29) is 29.9 Å². The Morgan fingerprint density at radius 1 is 0.967 bits per heavy atom. The molecule has 0 aliphatic carbocycles. The molecule has 0 heterocycles. The van der Waals surface area contributed by atoms with Gasteiger partial charge in [-0.1, -0.05) is 12.1 Å². The number of nitrogens with one attached hydrogen (secondary N) is 3. The summed E-state index contributed by atoms with van der Waals surface area (Å²) in [4.78, 5) is 16.5. The highest BCUT2D eigenvalue weighted by Crippen LogP contribution is 2.30. The van der Waals surface area contributed by atoms with E-state index in [4.69, 9.17) is 9.47 Å². The van der Waals surface area contributed by atoms with Crippen molar-refractivity contribution in [3.63, 3.8) is 0 Å². The van der Waals surface area contributed by atoms with Crippen LogP contribution in [0, 0.1) is 0 Å². The second-order valence-electron chi connectivity index (χ2n) is 6.18. The number of benzene rings is 2. The van der Waals surface area contributed by atoms with Crippen LogP contribution in [0.5, 0.6) is 11.5 Å². The zero-order valence-electron chi connectivity index (χ0n) is 18.0. The topological polar surface area (TPSA) is 84.0 Å². The van der Waals surface area contributed by atoms with Gasteiger partial charge in [-0.05, 0) is 50.6 Å². The first-order valence-corrected chi connectivity index (χ1v) is 9.84. The maximum Gasteiger partial charge on any atom is 0.251 e. The molecule has 0 fully saturated rings. The van der Waals surface area contributed by atoms with Crippen LogP contribution >= 0.6 is 24.0 Å². The van der Waals surface area contributed by atoms with Crippen LogP contribution in [0.1, 0.15) is 36.7 Å². The lowest BCUT2D eigenvalue weighted by Crippen LogP contribution is -2.30. The van der Waals surface area contributed by atoms with E-state index in [2.05, 4.69) is 20.9 Å². The summed E-state index contributed by atoms with van der Waals surface area (Å²) in [5, 5.41) is 9.31. The summed E-state index contributed by atoms with van der Waals surface area (Å²) in [5.41, 5.74) is 2.51. The number of hydrogen-bond donors (Lipinski definition) is 3. The SMILES string of the molecule is CCNC(=O)c1ccc(CN=C(NCC)Nc2ccc(OC)c(OCC)c2)cc1.I. The van der Waals surface area contributed by atoms with Crippen molar-refractivity contribution < 1.29 is 14.3 Å². The van der Waals surface area contributed by atoms with Gasteiger partial charge in [0.25, 0.3) is 5.91 Å². The van der Waals surface area contributed by atoms with Crippen molar-refractivity contribution in [1.82, 2.24) is 10.6 Å². The molecule has 0 saturated heterocycles. The average Bonchev–Trinajstić information content (AvgIpc) is 2.73. The van der Waals surface area contributed by atoms with Crippen molar-refractivity contribution in [1.29, 1.82) is 0 Å². The Morgan fingerprint density at radius 2 is 1.67 bits per heavy atom. The highest BCUT2D eigenvalue weighted by molar-refractivity contribution is 14.0. The molecule has 0 bridgehead atoms. The minimum atomic E-state index is -0.0674. The molecule has 2 aromatic rings. The number of amides is 1. The van der Waals surface area contributed by atoms with E-state index in [0.717, 1.165) is 17.8 Å². The van der Waals surface area contributed by atoms with Gasteiger partial charge < -0.3 is 25.4 Å². The smallest absolute Gasteiger partial charge is 0.251 e. The third kappa shape index (κ3) is 7.74. The first kappa shape index (κ1) is 25.5. The molecule has 0 atom stereocenters. The van der Waals surface area contributed by atoms with Crippen molar-refractivity contribution in [3.8, 4) is 11.5 Å². The number of carbonyl (C=O) groups is 1. The molecular weight excluding hydrogens is 495 g/mol. The molecule has 0 aliphatic rings. The van der Waals surface area contributed by atoms with Crippen LogP contribution in [0.4, 0.5) is 5.69 Å². The number of aliphatic imine (C=N–C) groups is 1. The van der Waals surface area contributed by atoms with Crippen LogP contribution in [-0.4, -0.2) is 38.7 Å². The number of anilines is 1. The van der Waals surface area contributed by atoms with Crippen molar-refractivity contribution in [2.24, 2.45) is 4.99 Å². The largest absolute Gasteiger partial charge is 0.493 e. The Balaban J connectivity index is 0.00000450. The zero-order chi connectivity index (χ0) is 21.1. The molecular formula is C22H31IN4O3. The molecule has 8 heteroatoms. The number of guanidine groups is 1. The van der Waals surface area contributed by atoms with E-state index in [1.807, 2.05) is 63.2 Å². The van der Waals surface area contributed by atoms with Gasteiger partial charge in [0.1, 0.15) is 0 Å². The molecule has 1 amide bonds. The van der Waals surface area contributed by atoms with E-state index in [9.17, 15) is 4.79 Å². The van der Waals surface area contributed by atoms with E-state index < -0.39 is 0 Å². The van der Waals surface area contributed by atoms with Crippen molar-refractivity contribution in [2.45, 2.75) is 27.3 Å². The van der Waals surface area contributed by atoms with Crippen LogP contribution < -0.4 is 25.4 Å². The molecule has 0 saturated carbocycles. The summed E-state index contributed by atoms with van der Waals surface area (Å²) < 4.78 is 11.0.